The average Bonchev–Trinajstić information content (AvgIpc) is 2.26. The van der Waals surface area contributed by atoms with Crippen molar-refractivity contribution in [2.45, 2.75) is 31.3 Å². The average molecular weight is 210 g/mol. The number of hydrogen-bond acceptors (Lipinski definition) is 3. The molecule has 1 atom stereocenters. The van der Waals surface area contributed by atoms with E-state index in [0.29, 0.717) is 6.04 Å². The molecular weight excluding hydrogens is 192 g/mol. The van der Waals surface area contributed by atoms with Crippen molar-refractivity contribution in [3.05, 3.63) is 23.9 Å². The minimum atomic E-state index is 0.420. The van der Waals surface area contributed by atoms with Crippen molar-refractivity contribution in [2.24, 2.45) is 0 Å². The van der Waals surface area contributed by atoms with E-state index >= 15 is 0 Å². The molecule has 0 aromatic carbocycles. The van der Waals surface area contributed by atoms with Crippen molar-refractivity contribution in [3.8, 4) is 0 Å². The number of nitrogens with one attached hydrogen (secondary N) is 1. The summed E-state index contributed by atoms with van der Waals surface area (Å²) < 4.78 is 0. The van der Waals surface area contributed by atoms with E-state index in [0.717, 1.165) is 11.6 Å². The fraction of sp³-hybridized carbons (Fsp3) is 0.545. The number of hydrogen-bond donors (Lipinski definition) is 1. The number of nitrogens with zero attached hydrogens (tertiary/aromatic N) is 1. The molecule has 0 radical (unpaired) electrons. The molecule has 0 aliphatic heterocycles. The Hall–Kier alpha value is -0.540. The molecule has 0 bridgehead atoms. The second kappa shape index (κ2) is 6.04. The van der Waals surface area contributed by atoms with Gasteiger partial charge in [0.1, 0.15) is 0 Å². The lowest BCUT2D eigenvalue weighted by atomic mass is 10.1. The van der Waals surface area contributed by atoms with Gasteiger partial charge >= 0.3 is 0 Å². The van der Waals surface area contributed by atoms with Crippen molar-refractivity contribution >= 4 is 11.8 Å². The van der Waals surface area contributed by atoms with Gasteiger partial charge in [0.15, 0.2) is 0 Å². The molecule has 1 rings (SSSR count). The van der Waals surface area contributed by atoms with E-state index in [1.807, 2.05) is 6.20 Å². The van der Waals surface area contributed by atoms with E-state index in [1.54, 1.807) is 11.8 Å². The van der Waals surface area contributed by atoms with Gasteiger partial charge in [-0.25, -0.2) is 4.98 Å². The van der Waals surface area contributed by atoms with Gasteiger partial charge < -0.3 is 5.32 Å². The van der Waals surface area contributed by atoms with Crippen LogP contribution in [0.15, 0.2) is 23.4 Å². The van der Waals surface area contributed by atoms with Crippen molar-refractivity contribution in [1.29, 1.82) is 0 Å². The van der Waals surface area contributed by atoms with E-state index in [4.69, 9.17) is 0 Å². The Bertz CT molecular complexity index is 276. The summed E-state index contributed by atoms with van der Waals surface area (Å²) in [4.78, 5) is 4.26. The summed E-state index contributed by atoms with van der Waals surface area (Å²) in [5.41, 5.74) is 1.32. The van der Waals surface area contributed by atoms with Gasteiger partial charge in [-0.15, -0.1) is 11.8 Å². The van der Waals surface area contributed by atoms with Gasteiger partial charge in [0.25, 0.3) is 0 Å². The highest BCUT2D eigenvalue weighted by Crippen LogP contribution is 2.17. The van der Waals surface area contributed by atoms with Crippen LogP contribution in [-0.4, -0.2) is 17.8 Å². The Morgan fingerprint density at radius 2 is 2.36 bits per heavy atom. The molecule has 1 N–H and O–H groups in total. The second-order valence-corrected chi connectivity index (χ2v) is 4.13. The fourth-order valence-corrected chi connectivity index (χ4v) is 1.70. The maximum absolute atomic E-state index is 4.26. The van der Waals surface area contributed by atoms with Gasteiger partial charge in [-0.05, 0) is 43.8 Å². The molecule has 0 fully saturated rings. The fourth-order valence-electron chi connectivity index (χ4n) is 1.28. The van der Waals surface area contributed by atoms with Gasteiger partial charge in [-0.1, -0.05) is 6.92 Å². The SMILES string of the molecule is CCCNC(C)c1ccnc(SC)c1. The first-order chi connectivity index (χ1) is 6.77. The predicted molar refractivity (Wildman–Crippen MR) is 62.7 cm³/mol. The summed E-state index contributed by atoms with van der Waals surface area (Å²) in [6.45, 7) is 5.44. The molecule has 0 spiro atoms. The zero-order chi connectivity index (χ0) is 10.4. The van der Waals surface area contributed by atoms with Gasteiger partial charge in [0.2, 0.25) is 0 Å². The van der Waals surface area contributed by atoms with Gasteiger partial charge in [-0.3, -0.25) is 0 Å². The Kier molecular flexibility index (Phi) is 4.98. The molecule has 3 heteroatoms. The van der Waals surface area contributed by atoms with Crippen molar-refractivity contribution in [1.82, 2.24) is 10.3 Å². The molecule has 1 aromatic rings. The van der Waals surface area contributed by atoms with Crippen molar-refractivity contribution in [3.63, 3.8) is 0 Å². The molecule has 1 unspecified atom stereocenters. The molecular formula is C11H18N2S. The highest BCUT2D eigenvalue weighted by Gasteiger charge is 2.04. The topological polar surface area (TPSA) is 24.9 Å². The Morgan fingerprint density at radius 1 is 1.57 bits per heavy atom. The summed E-state index contributed by atoms with van der Waals surface area (Å²) in [7, 11) is 0. The maximum atomic E-state index is 4.26. The third-order valence-corrected chi connectivity index (χ3v) is 2.81. The van der Waals surface area contributed by atoms with Crippen molar-refractivity contribution in [2.75, 3.05) is 12.8 Å². The molecule has 0 amide bonds. The van der Waals surface area contributed by atoms with Crippen LogP contribution in [0, 0.1) is 0 Å². The summed E-state index contributed by atoms with van der Waals surface area (Å²) in [5, 5.41) is 4.55. The number of rotatable bonds is 5. The summed E-state index contributed by atoms with van der Waals surface area (Å²) in [6, 6.07) is 4.65. The minimum Gasteiger partial charge on any atom is -0.310 e. The number of aromatic nitrogens is 1. The lowest BCUT2D eigenvalue weighted by Gasteiger charge is -2.13. The Labute approximate surface area is 90.5 Å². The first kappa shape index (κ1) is 11.5. The minimum absolute atomic E-state index is 0.420. The molecule has 1 aromatic heterocycles. The molecule has 0 saturated heterocycles. The molecule has 0 aliphatic carbocycles. The highest BCUT2D eigenvalue weighted by molar-refractivity contribution is 7.98. The van der Waals surface area contributed by atoms with Crippen molar-refractivity contribution < 1.29 is 0 Å². The quantitative estimate of drug-likeness (QED) is 0.756. The van der Waals surface area contributed by atoms with E-state index in [9.17, 15) is 0 Å². The van der Waals surface area contributed by atoms with Crippen LogP contribution >= 0.6 is 11.8 Å². The molecule has 0 aliphatic rings. The predicted octanol–water partition coefficient (Wildman–Crippen LogP) is 2.86. The smallest absolute Gasteiger partial charge is 0.0960 e. The normalized spacial score (nSPS) is 12.8. The van der Waals surface area contributed by atoms with Crippen LogP contribution in [0.5, 0.6) is 0 Å². The first-order valence-electron chi connectivity index (χ1n) is 5.01. The largest absolute Gasteiger partial charge is 0.310 e. The third kappa shape index (κ3) is 3.31. The Balaban J connectivity index is 2.64. The first-order valence-corrected chi connectivity index (χ1v) is 6.23. The zero-order valence-corrected chi connectivity index (χ0v) is 9.90. The van der Waals surface area contributed by atoms with Gasteiger partial charge in [0, 0.05) is 12.2 Å². The monoisotopic (exact) mass is 210 g/mol. The maximum Gasteiger partial charge on any atom is 0.0960 e. The van der Waals surface area contributed by atoms with E-state index in [1.165, 1.54) is 12.0 Å². The van der Waals surface area contributed by atoms with Crippen LogP contribution < -0.4 is 5.32 Å². The van der Waals surface area contributed by atoms with Gasteiger partial charge in [0.05, 0.1) is 5.03 Å². The van der Waals surface area contributed by atoms with E-state index < -0.39 is 0 Å². The highest BCUT2D eigenvalue weighted by atomic mass is 32.2. The molecule has 0 saturated carbocycles. The van der Waals surface area contributed by atoms with Crippen LogP contribution in [0.3, 0.4) is 0 Å². The lowest BCUT2D eigenvalue weighted by molar-refractivity contribution is 0.569. The van der Waals surface area contributed by atoms with Gasteiger partial charge in [-0.2, -0.15) is 0 Å². The van der Waals surface area contributed by atoms with Crippen LogP contribution in [0.4, 0.5) is 0 Å². The molecule has 14 heavy (non-hydrogen) atoms. The summed E-state index contributed by atoms with van der Waals surface area (Å²) in [6.07, 6.45) is 5.10. The van der Waals surface area contributed by atoms with Crippen LogP contribution in [0.2, 0.25) is 0 Å². The van der Waals surface area contributed by atoms with Crippen LogP contribution in [-0.2, 0) is 0 Å². The van der Waals surface area contributed by atoms with E-state index in [2.05, 4.69) is 42.5 Å². The Morgan fingerprint density at radius 3 is 3.00 bits per heavy atom. The lowest BCUT2D eigenvalue weighted by Crippen LogP contribution is -2.19. The summed E-state index contributed by atoms with van der Waals surface area (Å²) >= 11 is 1.69. The summed E-state index contributed by atoms with van der Waals surface area (Å²) in [5.74, 6) is 0. The molecule has 2 nitrogen and oxygen atoms in total. The number of pyridine rings is 1. The molecule has 1 heterocycles. The third-order valence-electron chi connectivity index (χ3n) is 2.17. The molecule has 78 valence electrons. The van der Waals surface area contributed by atoms with Crippen LogP contribution in [0.1, 0.15) is 31.9 Å². The zero-order valence-electron chi connectivity index (χ0n) is 9.08. The van der Waals surface area contributed by atoms with E-state index in [-0.39, 0.29) is 0 Å². The second-order valence-electron chi connectivity index (χ2n) is 3.31. The number of thioether (sulfide) groups is 1. The van der Waals surface area contributed by atoms with Crippen LogP contribution in [0.25, 0.3) is 0 Å². The standard InChI is InChI=1S/C11H18N2S/c1-4-6-12-9(2)10-5-7-13-11(8-10)14-3/h5,7-9,12H,4,6H2,1-3H3.